The third-order valence-electron chi connectivity index (χ3n) is 6.63. The van der Waals surface area contributed by atoms with Crippen molar-refractivity contribution in [3.63, 3.8) is 0 Å². The highest BCUT2D eigenvalue weighted by Gasteiger charge is 2.54. The third-order valence-corrected chi connectivity index (χ3v) is 6.63. The van der Waals surface area contributed by atoms with Crippen molar-refractivity contribution < 1.29 is 23.9 Å². The van der Waals surface area contributed by atoms with Crippen molar-refractivity contribution in [1.29, 1.82) is 0 Å². The van der Waals surface area contributed by atoms with Crippen LogP contribution in [0.15, 0.2) is 72.8 Å². The van der Waals surface area contributed by atoms with Gasteiger partial charge in [0, 0.05) is 12.2 Å². The molecule has 1 saturated heterocycles. The average molecular weight is 472 g/mol. The van der Waals surface area contributed by atoms with Crippen molar-refractivity contribution in [1.82, 2.24) is 10.2 Å². The van der Waals surface area contributed by atoms with Crippen molar-refractivity contribution in [3.05, 3.63) is 89.5 Å². The predicted molar refractivity (Wildman–Crippen MR) is 130 cm³/mol. The molecular formula is C27H25N3O5. The Kier molecular flexibility index (Phi) is 5.64. The Morgan fingerprint density at radius 2 is 1.46 bits per heavy atom. The molecule has 0 atom stereocenters. The molecule has 3 aromatic rings. The van der Waals surface area contributed by atoms with Crippen LogP contribution in [0.3, 0.4) is 0 Å². The van der Waals surface area contributed by atoms with E-state index >= 15 is 0 Å². The van der Waals surface area contributed by atoms with Gasteiger partial charge in [-0.1, -0.05) is 42.5 Å². The number of anilines is 1. The summed E-state index contributed by atoms with van der Waals surface area (Å²) in [6.45, 7) is 0.164. The number of hydrogen-bond acceptors (Lipinski definition) is 5. The lowest BCUT2D eigenvalue weighted by Gasteiger charge is -2.28. The third kappa shape index (κ3) is 3.67. The molecule has 0 radical (unpaired) electrons. The molecule has 0 bridgehead atoms. The van der Waals surface area contributed by atoms with Gasteiger partial charge in [-0.2, -0.15) is 0 Å². The largest absolute Gasteiger partial charge is 0.497 e. The molecule has 0 aliphatic carbocycles. The van der Waals surface area contributed by atoms with Crippen LogP contribution in [0.25, 0.3) is 0 Å². The van der Waals surface area contributed by atoms with Crippen LogP contribution in [0.1, 0.15) is 16.7 Å². The Morgan fingerprint density at radius 3 is 2.03 bits per heavy atom. The van der Waals surface area contributed by atoms with E-state index < -0.39 is 17.5 Å². The van der Waals surface area contributed by atoms with E-state index in [2.05, 4.69) is 5.32 Å². The maximum atomic E-state index is 14.0. The number of nitrogens with zero attached hydrogens (tertiary/aromatic N) is 2. The van der Waals surface area contributed by atoms with Gasteiger partial charge in [0.2, 0.25) is 5.91 Å². The quantitative estimate of drug-likeness (QED) is 0.559. The number of imide groups is 1. The highest BCUT2D eigenvalue weighted by molar-refractivity contribution is 6.12. The van der Waals surface area contributed by atoms with E-state index in [-0.39, 0.29) is 12.5 Å². The number of fused-ring (bicyclic) bond motifs is 1. The second-order valence-corrected chi connectivity index (χ2v) is 8.45. The Balaban J connectivity index is 1.50. The number of methoxy groups -OCH3 is 2. The van der Waals surface area contributed by atoms with E-state index in [9.17, 15) is 14.4 Å². The van der Waals surface area contributed by atoms with Crippen LogP contribution in [-0.4, -0.2) is 50.1 Å². The van der Waals surface area contributed by atoms with Crippen molar-refractivity contribution in [2.24, 2.45) is 0 Å². The van der Waals surface area contributed by atoms with Gasteiger partial charge in [-0.25, -0.2) is 4.79 Å². The van der Waals surface area contributed by atoms with Crippen molar-refractivity contribution in [2.45, 2.75) is 12.0 Å². The minimum absolute atomic E-state index is 0.307. The number of ether oxygens (including phenoxy) is 2. The molecule has 2 heterocycles. The van der Waals surface area contributed by atoms with Gasteiger partial charge in [-0.3, -0.25) is 14.5 Å². The predicted octanol–water partition coefficient (Wildman–Crippen LogP) is 3.09. The fraction of sp³-hybridized carbons (Fsp3) is 0.222. The first-order chi connectivity index (χ1) is 17.0. The van der Waals surface area contributed by atoms with Crippen molar-refractivity contribution in [2.75, 3.05) is 32.2 Å². The molecule has 4 amide bonds. The number of benzene rings is 3. The van der Waals surface area contributed by atoms with E-state index in [1.807, 2.05) is 24.3 Å². The van der Waals surface area contributed by atoms with Gasteiger partial charge < -0.3 is 19.7 Å². The van der Waals surface area contributed by atoms with Gasteiger partial charge >= 0.3 is 6.03 Å². The SMILES string of the molecule is COc1ccc(C2(c3ccc(OC)cc3)NC(=O)N(CC(=O)N3CCc4ccccc43)C2=O)cc1. The van der Waals surface area contributed by atoms with E-state index in [0.29, 0.717) is 29.2 Å². The monoisotopic (exact) mass is 471 g/mol. The average Bonchev–Trinajstić information content (AvgIpc) is 3.44. The van der Waals surface area contributed by atoms with Crippen LogP contribution in [0.2, 0.25) is 0 Å². The summed E-state index contributed by atoms with van der Waals surface area (Å²) in [6.07, 6.45) is 0.740. The second kappa shape index (κ2) is 8.79. The number of nitrogens with one attached hydrogen (secondary N) is 1. The number of hydrogen-bond donors (Lipinski definition) is 1. The molecule has 2 aliphatic heterocycles. The van der Waals surface area contributed by atoms with E-state index in [1.165, 1.54) is 0 Å². The van der Waals surface area contributed by atoms with Crippen molar-refractivity contribution in [3.8, 4) is 11.5 Å². The molecule has 5 rings (SSSR count). The van der Waals surface area contributed by atoms with Crippen LogP contribution in [0.5, 0.6) is 11.5 Å². The zero-order chi connectivity index (χ0) is 24.6. The Morgan fingerprint density at radius 1 is 0.886 bits per heavy atom. The van der Waals surface area contributed by atoms with E-state index in [4.69, 9.17) is 9.47 Å². The highest BCUT2D eigenvalue weighted by Crippen LogP contribution is 2.38. The number of para-hydroxylation sites is 1. The first-order valence-corrected chi connectivity index (χ1v) is 11.3. The number of amides is 4. The molecule has 3 aromatic carbocycles. The van der Waals surface area contributed by atoms with Crippen LogP contribution >= 0.6 is 0 Å². The lowest BCUT2D eigenvalue weighted by Crippen LogP contribution is -2.46. The topological polar surface area (TPSA) is 88.2 Å². The fourth-order valence-corrected chi connectivity index (χ4v) is 4.78. The van der Waals surface area contributed by atoms with Crippen LogP contribution in [-0.2, 0) is 21.5 Å². The lowest BCUT2D eigenvalue weighted by atomic mass is 9.82. The van der Waals surface area contributed by atoms with E-state index in [0.717, 1.165) is 22.6 Å². The number of carbonyl (C=O) groups is 3. The van der Waals surface area contributed by atoms with Crippen molar-refractivity contribution >= 4 is 23.5 Å². The molecule has 0 unspecified atom stereocenters. The van der Waals surface area contributed by atoms with Crippen LogP contribution in [0, 0.1) is 0 Å². The number of rotatable bonds is 6. The van der Waals surface area contributed by atoms with Crippen LogP contribution in [0.4, 0.5) is 10.5 Å². The van der Waals surface area contributed by atoms with Gasteiger partial charge in [-0.15, -0.1) is 0 Å². The number of urea groups is 1. The Bertz CT molecular complexity index is 1240. The number of carbonyl (C=O) groups excluding carboxylic acids is 3. The summed E-state index contributed by atoms with van der Waals surface area (Å²) in [5, 5.41) is 2.87. The second-order valence-electron chi connectivity index (χ2n) is 8.45. The molecule has 1 fully saturated rings. The highest BCUT2D eigenvalue weighted by atomic mass is 16.5. The summed E-state index contributed by atoms with van der Waals surface area (Å²) < 4.78 is 10.5. The molecule has 8 nitrogen and oxygen atoms in total. The van der Waals surface area contributed by atoms with Gasteiger partial charge in [0.1, 0.15) is 18.0 Å². The standard InChI is InChI=1S/C27H25N3O5/c1-34-21-11-7-19(8-12-21)27(20-9-13-22(35-2)14-10-20)25(32)30(26(33)28-27)17-24(31)29-16-15-18-5-3-4-6-23(18)29/h3-14H,15-17H2,1-2H3,(H,28,33). The fourth-order valence-electron chi connectivity index (χ4n) is 4.78. The minimum Gasteiger partial charge on any atom is -0.497 e. The van der Waals surface area contributed by atoms with Gasteiger partial charge in [0.15, 0.2) is 5.54 Å². The molecule has 0 aromatic heterocycles. The zero-order valence-corrected chi connectivity index (χ0v) is 19.5. The first kappa shape index (κ1) is 22.5. The molecular weight excluding hydrogens is 446 g/mol. The van der Waals surface area contributed by atoms with Crippen LogP contribution < -0.4 is 19.7 Å². The first-order valence-electron chi connectivity index (χ1n) is 11.3. The summed E-state index contributed by atoms with van der Waals surface area (Å²) in [5.74, 6) is 0.419. The molecule has 0 spiro atoms. The maximum absolute atomic E-state index is 14.0. The minimum atomic E-state index is -1.49. The zero-order valence-electron chi connectivity index (χ0n) is 19.5. The summed E-state index contributed by atoms with van der Waals surface area (Å²) in [5.41, 5.74) is 1.52. The molecule has 35 heavy (non-hydrogen) atoms. The normalized spacial score (nSPS) is 16.2. The van der Waals surface area contributed by atoms with Gasteiger partial charge in [0.05, 0.1) is 14.2 Å². The lowest BCUT2D eigenvalue weighted by molar-refractivity contribution is -0.133. The van der Waals surface area contributed by atoms with E-state index in [1.54, 1.807) is 67.7 Å². The molecule has 2 aliphatic rings. The smallest absolute Gasteiger partial charge is 0.326 e. The van der Waals surface area contributed by atoms with Gasteiger partial charge in [-0.05, 0) is 53.4 Å². The van der Waals surface area contributed by atoms with Gasteiger partial charge in [0.25, 0.3) is 5.91 Å². The summed E-state index contributed by atoms with van der Waals surface area (Å²) in [7, 11) is 3.11. The molecule has 178 valence electrons. The molecule has 0 saturated carbocycles. The summed E-state index contributed by atoms with van der Waals surface area (Å²) >= 11 is 0. The maximum Gasteiger partial charge on any atom is 0.326 e. The Labute approximate surface area is 203 Å². The Hall–Kier alpha value is -4.33. The summed E-state index contributed by atoms with van der Waals surface area (Å²) in [6, 6.07) is 20.9. The summed E-state index contributed by atoms with van der Waals surface area (Å²) in [4.78, 5) is 43.0. The molecule has 8 heteroatoms. The molecule has 1 N–H and O–H groups in total.